The molecule has 41 heavy (non-hydrogen) atoms. The molecule has 0 aliphatic carbocycles. The van der Waals surface area contributed by atoms with Crippen LogP contribution in [0.1, 0.15) is 52.5 Å². The summed E-state index contributed by atoms with van der Waals surface area (Å²) in [6.45, 7) is 2.42. The Morgan fingerprint density at radius 1 is 0.951 bits per heavy atom. The fourth-order valence-electron chi connectivity index (χ4n) is 4.08. The molecule has 0 spiro atoms. The average Bonchev–Trinajstić information content (AvgIpc) is 2.92. The normalized spacial score (nSPS) is 14.3. The molecule has 0 fully saturated rings. The molecule has 2 aromatic carbocycles. The number of ether oxygens (including phenoxy) is 2. The summed E-state index contributed by atoms with van der Waals surface area (Å²) in [4.78, 5) is 28.5. The number of aromatic hydroxyl groups is 1. The second kappa shape index (κ2) is 12.2. The zero-order valence-electron chi connectivity index (χ0n) is 22.0. The van der Waals surface area contributed by atoms with Crippen LogP contribution in [0.3, 0.4) is 0 Å². The van der Waals surface area contributed by atoms with Gasteiger partial charge in [-0.25, -0.2) is 4.98 Å². The van der Waals surface area contributed by atoms with Gasteiger partial charge in [-0.15, -0.1) is 0 Å². The Morgan fingerprint density at radius 3 is 1.85 bits per heavy atom. The van der Waals surface area contributed by atoms with Crippen LogP contribution in [0.15, 0.2) is 60.8 Å². The third-order valence-corrected chi connectivity index (χ3v) is 6.29. The van der Waals surface area contributed by atoms with Crippen LogP contribution in [0.5, 0.6) is 11.5 Å². The number of nitrogens with zero attached hydrogens (tertiary/aromatic N) is 1. The monoisotopic (exact) mass is 584 g/mol. The molecule has 1 heterocycles. The summed E-state index contributed by atoms with van der Waals surface area (Å²) in [6.07, 6.45) is -8.49. The summed E-state index contributed by atoms with van der Waals surface area (Å²) < 4.78 is 89.5. The molecule has 13 heteroatoms. The van der Waals surface area contributed by atoms with E-state index in [0.717, 1.165) is 24.3 Å². The van der Waals surface area contributed by atoms with E-state index in [1.54, 1.807) is 0 Å². The van der Waals surface area contributed by atoms with Crippen LogP contribution in [0.2, 0.25) is 0 Å². The highest BCUT2D eigenvalue weighted by atomic mass is 19.4. The number of rotatable bonds is 10. The fourth-order valence-corrected chi connectivity index (χ4v) is 4.08. The first-order chi connectivity index (χ1) is 19.1. The number of hydrogen-bond acceptors (Lipinski definition) is 6. The lowest BCUT2D eigenvalue weighted by atomic mass is 9.86. The van der Waals surface area contributed by atoms with Crippen molar-refractivity contribution < 1.29 is 50.5 Å². The maximum absolute atomic E-state index is 13.1. The SMILES string of the molecule is COc1ccnc(C(=O)N[C@](C)(C=O)CO[C@@H](C)C(c2ccc(C(F)(F)F)cc2)c2ccc(C(F)(F)F)cc2)c1O. The summed E-state index contributed by atoms with van der Waals surface area (Å²) in [5.74, 6) is -2.36. The predicted octanol–water partition coefficient (Wildman–Crippen LogP) is 5.76. The number of aromatic nitrogens is 1. The Labute approximate surface area is 231 Å². The fraction of sp³-hybridized carbons (Fsp3) is 0.321. The van der Waals surface area contributed by atoms with Crippen molar-refractivity contribution in [1.29, 1.82) is 0 Å². The van der Waals surface area contributed by atoms with Gasteiger partial charge in [-0.3, -0.25) is 4.79 Å². The molecular weight excluding hydrogens is 558 g/mol. The summed E-state index contributed by atoms with van der Waals surface area (Å²) in [5.41, 5.74) is -3.27. The number of amides is 1. The highest BCUT2D eigenvalue weighted by Crippen LogP contribution is 2.36. The van der Waals surface area contributed by atoms with Gasteiger partial charge in [0.05, 0.1) is 30.9 Å². The van der Waals surface area contributed by atoms with Crippen molar-refractivity contribution in [3.05, 3.63) is 88.7 Å². The molecule has 2 atom stereocenters. The molecule has 0 saturated heterocycles. The maximum Gasteiger partial charge on any atom is 0.416 e. The Morgan fingerprint density at radius 2 is 1.44 bits per heavy atom. The van der Waals surface area contributed by atoms with Crippen molar-refractivity contribution in [2.45, 2.75) is 43.8 Å². The van der Waals surface area contributed by atoms with Gasteiger partial charge in [0.1, 0.15) is 11.8 Å². The second-order valence-electron chi connectivity index (χ2n) is 9.43. The van der Waals surface area contributed by atoms with Crippen molar-refractivity contribution in [2.75, 3.05) is 13.7 Å². The average molecular weight is 585 g/mol. The van der Waals surface area contributed by atoms with Gasteiger partial charge >= 0.3 is 12.4 Å². The van der Waals surface area contributed by atoms with E-state index in [-0.39, 0.29) is 5.75 Å². The molecule has 0 aliphatic rings. The number of benzene rings is 2. The molecule has 0 aliphatic heterocycles. The van der Waals surface area contributed by atoms with E-state index in [1.165, 1.54) is 57.5 Å². The quantitative estimate of drug-likeness (QED) is 0.233. The van der Waals surface area contributed by atoms with E-state index >= 15 is 0 Å². The van der Waals surface area contributed by atoms with Gasteiger partial charge in [-0.2, -0.15) is 26.3 Å². The number of hydrogen-bond donors (Lipinski definition) is 2. The van der Waals surface area contributed by atoms with E-state index in [2.05, 4.69) is 10.3 Å². The summed E-state index contributed by atoms with van der Waals surface area (Å²) in [5, 5.41) is 12.6. The number of methoxy groups -OCH3 is 1. The van der Waals surface area contributed by atoms with Crippen LogP contribution in [0.25, 0.3) is 0 Å². The van der Waals surface area contributed by atoms with E-state index in [0.29, 0.717) is 17.4 Å². The highest BCUT2D eigenvalue weighted by Gasteiger charge is 2.34. The van der Waals surface area contributed by atoms with Crippen LogP contribution >= 0.6 is 0 Å². The molecule has 220 valence electrons. The first-order valence-corrected chi connectivity index (χ1v) is 12.1. The van der Waals surface area contributed by atoms with Gasteiger partial charge in [0, 0.05) is 18.2 Å². The number of pyridine rings is 1. The number of nitrogens with one attached hydrogen (secondary N) is 1. The zero-order valence-corrected chi connectivity index (χ0v) is 22.0. The van der Waals surface area contributed by atoms with E-state index in [9.17, 15) is 41.0 Å². The molecular formula is C28H26F6N2O5. The van der Waals surface area contributed by atoms with Crippen LogP contribution in [-0.4, -0.2) is 47.6 Å². The van der Waals surface area contributed by atoms with E-state index in [4.69, 9.17) is 9.47 Å². The number of aldehydes is 1. The minimum atomic E-state index is -4.60. The van der Waals surface area contributed by atoms with Crippen molar-refractivity contribution in [1.82, 2.24) is 10.3 Å². The third kappa shape index (κ3) is 7.54. The van der Waals surface area contributed by atoms with E-state index in [1.807, 2.05) is 0 Å². The molecule has 1 amide bonds. The molecule has 3 rings (SSSR count). The highest BCUT2D eigenvalue weighted by molar-refractivity contribution is 5.97. The molecule has 0 radical (unpaired) electrons. The van der Waals surface area contributed by atoms with Gasteiger partial charge in [0.25, 0.3) is 5.91 Å². The molecule has 1 aromatic heterocycles. The summed E-state index contributed by atoms with van der Waals surface area (Å²) in [6, 6.07) is 9.51. The van der Waals surface area contributed by atoms with Crippen LogP contribution < -0.4 is 10.1 Å². The lowest BCUT2D eigenvalue weighted by Crippen LogP contribution is -2.51. The first kappa shape index (κ1) is 31.4. The molecule has 0 saturated carbocycles. The number of carbonyl (C=O) groups is 2. The number of carbonyl (C=O) groups excluding carboxylic acids is 2. The number of alkyl halides is 6. The Kier molecular flexibility index (Phi) is 9.32. The van der Waals surface area contributed by atoms with Crippen molar-refractivity contribution in [2.24, 2.45) is 0 Å². The van der Waals surface area contributed by atoms with Crippen LogP contribution in [-0.2, 0) is 21.9 Å². The molecule has 0 bridgehead atoms. The minimum Gasteiger partial charge on any atom is -0.503 e. The summed E-state index contributed by atoms with van der Waals surface area (Å²) >= 11 is 0. The van der Waals surface area contributed by atoms with Crippen LogP contribution in [0, 0.1) is 0 Å². The largest absolute Gasteiger partial charge is 0.503 e. The predicted molar refractivity (Wildman–Crippen MR) is 135 cm³/mol. The molecule has 7 nitrogen and oxygen atoms in total. The van der Waals surface area contributed by atoms with Gasteiger partial charge in [0.2, 0.25) is 0 Å². The van der Waals surface area contributed by atoms with Gasteiger partial charge in [0.15, 0.2) is 17.2 Å². The van der Waals surface area contributed by atoms with Gasteiger partial charge in [-0.05, 0) is 49.2 Å². The van der Waals surface area contributed by atoms with Gasteiger partial charge in [-0.1, -0.05) is 24.3 Å². The summed E-state index contributed by atoms with van der Waals surface area (Å²) in [7, 11) is 1.27. The lowest BCUT2D eigenvalue weighted by molar-refractivity contribution is -0.138. The Balaban J connectivity index is 1.87. The maximum atomic E-state index is 13.1. The minimum absolute atomic E-state index is 0.0289. The van der Waals surface area contributed by atoms with Crippen molar-refractivity contribution in [3.63, 3.8) is 0 Å². The topological polar surface area (TPSA) is 97.8 Å². The molecule has 0 unspecified atom stereocenters. The Bertz CT molecular complexity index is 1300. The van der Waals surface area contributed by atoms with E-state index < -0.39 is 65.0 Å². The van der Waals surface area contributed by atoms with Crippen LogP contribution in [0.4, 0.5) is 26.3 Å². The molecule has 3 aromatic rings. The first-order valence-electron chi connectivity index (χ1n) is 12.1. The van der Waals surface area contributed by atoms with Gasteiger partial charge < -0.3 is 24.7 Å². The van der Waals surface area contributed by atoms with Crippen molar-refractivity contribution >= 4 is 12.2 Å². The zero-order chi connectivity index (χ0) is 30.6. The van der Waals surface area contributed by atoms with Crippen molar-refractivity contribution in [3.8, 4) is 11.5 Å². The molecule has 2 N–H and O–H groups in total. The lowest BCUT2D eigenvalue weighted by Gasteiger charge is -2.30. The smallest absolute Gasteiger partial charge is 0.416 e. The number of halogens is 6. The Hall–Kier alpha value is -4.13. The standard InChI is InChI=1S/C28H26F6N2O5/c1-16(41-15-26(2,14-37)36-25(39)23-24(38)21(40-3)12-13-35-23)22(17-4-8-19(9-5-17)27(29,30)31)18-6-10-20(11-7-18)28(32,33)34/h4-14,16,22,38H,15H2,1-3H3,(H,36,39)/t16-,26+/m0/s1. The third-order valence-electron chi connectivity index (χ3n) is 6.29. The second-order valence-corrected chi connectivity index (χ2v) is 9.43.